The second-order valence-electron chi connectivity index (χ2n) is 7.55. The number of aromatic nitrogens is 2. The highest BCUT2D eigenvalue weighted by Crippen LogP contribution is 2.40. The first-order valence-electron chi connectivity index (χ1n) is 10.1. The van der Waals surface area contributed by atoms with Crippen molar-refractivity contribution in [3.05, 3.63) is 59.1 Å². The summed E-state index contributed by atoms with van der Waals surface area (Å²) in [7, 11) is 3.68. The first-order chi connectivity index (χ1) is 16.3. The van der Waals surface area contributed by atoms with E-state index in [0.29, 0.717) is 13.1 Å². The summed E-state index contributed by atoms with van der Waals surface area (Å²) in [5.74, 6) is -0.478. The molecule has 3 rings (SSSR count). The zero-order valence-electron chi connectivity index (χ0n) is 18.4. The number of nitrogens with zero attached hydrogens (tertiary/aromatic N) is 3. The lowest BCUT2D eigenvalue weighted by Crippen LogP contribution is -2.21. The van der Waals surface area contributed by atoms with Gasteiger partial charge in [0.2, 0.25) is 5.95 Å². The van der Waals surface area contributed by atoms with Crippen molar-refractivity contribution >= 4 is 29.1 Å². The van der Waals surface area contributed by atoms with Crippen LogP contribution in [0.2, 0.25) is 5.02 Å². The lowest BCUT2D eigenvalue weighted by Gasteiger charge is -2.17. The molecule has 0 fully saturated rings. The summed E-state index contributed by atoms with van der Waals surface area (Å²) in [6.45, 7) is 0.987. The second-order valence-corrected chi connectivity index (χ2v) is 7.96. The zero-order chi connectivity index (χ0) is 25.8. The number of rotatable bonds is 8. The molecule has 35 heavy (non-hydrogen) atoms. The predicted octanol–water partition coefficient (Wildman–Crippen LogP) is 6.43. The van der Waals surface area contributed by atoms with Gasteiger partial charge in [-0.05, 0) is 38.4 Å². The fourth-order valence-corrected chi connectivity index (χ4v) is 3.22. The van der Waals surface area contributed by atoms with Crippen molar-refractivity contribution in [2.45, 2.75) is 12.5 Å². The molecule has 188 valence electrons. The van der Waals surface area contributed by atoms with Gasteiger partial charge in [0, 0.05) is 24.7 Å². The number of nitrogens with one attached hydrogen (secondary N) is 2. The molecule has 0 aliphatic rings. The Balaban J connectivity index is 2.04. The number of ether oxygens (including phenoxy) is 1. The van der Waals surface area contributed by atoms with Crippen molar-refractivity contribution in [2.75, 3.05) is 37.8 Å². The Morgan fingerprint density at radius 2 is 1.69 bits per heavy atom. The van der Waals surface area contributed by atoms with Crippen LogP contribution in [0.15, 0.2) is 48.5 Å². The number of benzene rings is 2. The van der Waals surface area contributed by atoms with E-state index in [1.165, 1.54) is 30.3 Å². The van der Waals surface area contributed by atoms with Crippen molar-refractivity contribution in [1.29, 1.82) is 0 Å². The van der Waals surface area contributed by atoms with Gasteiger partial charge in [-0.2, -0.15) is 18.2 Å². The molecule has 0 amide bonds. The van der Waals surface area contributed by atoms with E-state index in [2.05, 4.69) is 25.3 Å². The van der Waals surface area contributed by atoms with Crippen molar-refractivity contribution < 1.29 is 31.1 Å². The van der Waals surface area contributed by atoms with Crippen LogP contribution < -0.4 is 15.4 Å². The van der Waals surface area contributed by atoms with Gasteiger partial charge in [0.15, 0.2) is 0 Å². The van der Waals surface area contributed by atoms with Gasteiger partial charge >= 0.3 is 12.5 Å². The molecule has 0 aliphatic carbocycles. The van der Waals surface area contributed by atoms with E-state index in [0.717, 1.165) is 18.2 Å². The summed E-state index contributed by atoms with van der Waals surface area (Å²) < 4.78 is 82.5. The minimum Gasteiger partial charge on any atom is -0.406 e. The van der Waals surface area contributed by atoms with Crippen molar-refractivity contribution in [2.24, 2.45) is 0 Å². The maximum Gasteiger partial charge on any atom is 0.573 e. The largest absolute Gasteiger partial charge is 0.573 e. The molecule has 6 nitrogen and oxygen atoms in total. The van der Waals surface area contributed by atoms with E-state index in [4.69, 9.17) is 11.6 Å². The van der Waals surface area contributed by atoms with E-state index in [-0.39, 0.29) is 28.0 Å². The van der Waals surface area contributed by atoms with Crippen LogP contribution in [-0.4, -0.2) is 48.4 Å². The van der Waals surface area contributed by atoms with Gasteiger partial charge in [0.25, 0.3) is 0 Å². The van der Waals surface area contributed by atoms with Gasteiger partial charge in [-0.1, -0.05) is 29.8 Å². The van der Waals surface area contributed by atoms with E-state index >= 15 is 0 Å². The summed E-state index contributed by atoms with van der Waals surface area (Å²) in [6, 6.07) is 9.66. The summed E-state index contributed by atoms with van der Waals surface area (Å²) in [4.78, 5) is 10.4. The molecule has 13 heteroatoms. The average molecular weight is 520 g/mol. The van der Waals surface area contributed by atoms with Gasteiger partial charge < -0.3 is 20.3 Å². The smallest absolute Gasteiger partial charge is 0.406 e. The van der Waals surface area contributed by atoms with Crippen LogP contribution in [-0.2, 0) is 6.18 Å². The SMILES string of the molecule is CN(C)CCNc1nc(Nc2c(Cl)cccc2C(F)(F)F)cc(-c2cccc(OC(F)(F)F)c2)n1. The van der Waals surface area contributed by atoms with Gasteiger partial charge in [0.05, 0.1) is 22.0 Å². The van der Waals surface area contributed by atoms with Crippen molar-refractivity contribution in [1.82, 2.24) is 14.9 Å². The maximum atomic E-state index is 13.5. The minimum absolute atomic E-state index is 0.0506. The molecule has 0 spiro atoms. The van der Waals surface area contributed by atoms with Gasteiger partial charge in [-0.15, -0.1) is 13.2 Å². The van der Waals surface area contributed by atoms with Crippen LogP contribution in [0.5, 0.6) is 5.75 Å². The second kappa shape index (κ2) is 10.6. The molecule has 0 saturated heterocycles. The average Bonchev–Trinajstić information content (AvgIpc) is 2.73. The highest BCUT2D eigenvalue weighted by atomic mass is 35.5. The van der Waals surface area contributed by atoms with Crippen LogP contribution in [0.4, 0.5) is 43.8 Å². The van der Waals surface area contributed by atoms with Crippen LogP contribution in [0, 0.1) is 0 Å². The monoisotopic (exact) mass is 519 g/mol. The Bertz CT molecular complexity index is 1170. The quantitative estimate of drug-likeness (QED) is 0.334. The molecule has 0 unspecified atom stereocenters. The first kappa shape index (κ1) is 26.4. The zero-order valence-corrected chi connectivity index (χ0v) is 19.2. The summed E-state index contributed by atoms with van der Waals surface area (Å²) in [6.07, 6.45) is -9.59. The van der Waals surface area contributed by atoms with Crippen LogP contribution in [0.1, 0.15) is 5.56 Å². The normalized spacial score (nSPS) is 12.1. The number of alkyl halides is 6. The number of hydrogen-bond acceptors (Lipinski definition) is 6. The number of hydrogen-bond donors (Lipinski definition) is 2. The molecule has 3 aromatic rings. The summed E-state index contributed by atoms with van der Waals surface area (Å²) in [5.41, 5.74) is -1.06. The Hall–Kier alpha value is -3.25. The van der Waals surface area contributed by atoms with Crippen LogP contribution in [0.25, 0.3) is 11.3 Å². The minimum atomic E-state index is -4.89. The van der Waals surface area contributed by atoms with E-state index < -0.39 is 29.5 Å². The third-order valence-electron chi connectivity index (χ3n) is 4.50. The molecule has 1 heterocycles. The predicted molar refractivity (Wildman–Crippen MR) is 121 cm³/mol. The summed E-state index contributed by atoms with van der Waals surface area (Å²) in [5, 5.41) is 5.35. The van der Waals surface area contributed by atoms with Gasteiger partial charge in [0.1, 0.15) is 11.6 Å². The fraction of sp³-hybridized carbons (Fsp3) is 0.273. The molecule has 2 N–H and O–H groups in total. The number of para-hydroxylation sites is 1. The van der Waals surface area contributed by atoms with Crippen molar-refractivity contribution in [3.8, 4) is 17.0 Å². The summed E-state index contributed by atoms with van der Waals surface area (Å²) >= 11 is 6.03. The standard InChI is InChI=1S/C22H20ClF6N5O/c1-34(2)10-9-30-20-31-17(13-5-3-6-14(11-13)35-22(27,28)29)12-18(33-20)32-19-15(21(24,25)26)7-4-8-16(19)23/h3-8,11-12H,9-10H2,1-2H3,(H2,30,31,32,33). The number of halogens is 7. The molecule has 2 aromatic carbocycles. The van der Waals surface area contributed by atoms with Crippen molar-refractivity contribution in [3.63, 3.8) is 0 Å². The molecular weight excluding hydrogens is 500 g/mol. The van der Waals surface area contributed by atoms with Crippen LogP contribution >= 0.6 is 11.6 Å². The number of anilines is 3. The first-order valence-corrected chi connectivity index (χ1v) is 10.5. The molecular formula is C22H20ClF6N5O. The molecule has 1 aromatic heterocycles. The van der Waals surface area contributed by atoms with E-state index in [9.17, 15) is 26.3 Å². The molecule has 0 aliphatic heterocycles. The Morgan fingerprint density at radius 3 is 2.34 bits per heavy atom. The Kier molecular flexibility index (Phi) is 7.96. The highest BCUT2D eigenvalue weighted by molar-refractivity contribution is 6.33. The fourth-order valence-electron chi connectivity index (χ4n) is 3.00. The van der Waals surface area contributed by atoms with Gasteiger partial charge in [-0.25, -0.2) is 4.98 Å². The third kappa shape index (κ3) is 7.62. The molecule has 0 radical (unpaired) electrons. The topological polar surface area (TPSA) is 62.3 Å². The Labute approximate surface area is 201 Å². The molecule has 0 bridgehead atoms. The Morgan fingerprint density at radius 1 is 0.971 bits per heavy atom. The van der Waals surface area contributed by atoms with E-state index in [1.54, 1.807) is 0 Å². The number of likely N-dealkylation sites (N-methyl/N-ethyl adjacent to an activating group) is 1. The third-order valence-corrected chi connectivity index (χ3v) is 4.82. The lowest BCUT2D eigenvalue weighted by molar-refractivity contribution is -0.274. The highest BCUT2D eigenvalue weighted by Gasteiger charge is 2.34. The molecule has 0 saturated carbocycles. The lowest BCUT2D eigenvalue weighted by atomic mass is 10.1. The maximum absolute atomic E-state index is 13.5. The van der Waals surface area contributed by atoms with Gasteiger partial charge in [-0.3, -0.25) is 0 Å². The van der Waals surface area contributed by atoms with Crippen LogP contribution in [0.3, 0.4) is 0 Å². The molecule has 0 atom stereocenters. The van der Waals surface area contributed by atoms with E-state index in [1.807, 2.05) is 19.0 Å².